The Morgan fingerprint density at radius 1 is 1.10 bits per heavy atom. The molecular formula is C22H15ClO5S. The molecule has 0 amide bonds. The van der Waals surface area contributed by atoms with Crippen molar-refractivity contribution in [1.29, 1.82) is 0 Å². The van der Waals surface area contributed by atoms with E-state index in [1.54, 1.807) is 36.4 Å². The van der Waals surface area contributed by atoms with Crippen molar-refractivity contribution in [2.45, 2.75) is 6.92 Å². The van der Waals surface area contributed by atoms with E-state index in [4.69, 9.17) is 25.5 Å². The van der Waals surface area contributed by atoms with Crippen LogP contribution in [-0.4, -0.2) is 12.6 Å². The minimum absolute atomic E-state index is 0.302. The summed E-state index contributed by atoms with van der Waals surface area (Å²) in [6.07, 6.45) is 0. The lowest BCUT2D eigenvalue weighted by atomic mass is 10.0. The van der Waals surface area contributed by atoms with Gasteiger partial charge in [-0.3, -0.25) is 0 Å². The summed E-state index contributed by atoms with van der Waals surface area (Å²) in [5.41, 5.74) is 3.11. The van der Waals surface area contributed by atoms with Crippen LogP contribution in [0.4, 0.5) is 0 Å². The monoisotopic (exact) mass is 426 g/mol. The van der Waals surface area contributed by atoms with Crippen LogP contribution in [0.15, 0.2) is 69.9 Å². The summed E-state index contributed by atoms with van der Waals surface area (Å²) in [6.45, 7) is 1.69. The summed E-state index contributed by atoms with van der Waals surface area (Å²) >= 11 is 6.97. The van der Waals surface area contributed by atoms with Crippen LogP contribution in [0, 0.1) is 6.92 Å². The van der Waals surface area contributed by atoms with Crippen molar-refractivity contribution in [3.63, 3.8) is 0 Å². The number of ether oxygens (including phenoxy) is 2. The fourth-order valence-electron chi connectivity index (χ4n) is 2.82. The number of esters is 1. The van der Waals surface area contributed by atoms with Crippen LogP contribution in [0.2, 0.25) is 5.02 Å². The second-order valence-electron chi connectivity index (χ2n) is 6.31. The number of rotatable bonds is 5. The van der Waals surface area contributed by atoms with Gasteiger partial charge in [0.05, 0.1) is 9.72 Å². The van der Waals surface area contributed by atoms with Crippen molar-refractivity contribution >= 4 is 39.2 Å². The van der Waals surface area contributed by atoms with Crippen LogP contribution >= 0.6 is 22.9 Å². The Morgan fingerprint density at radius 3 is 2.62 bits per heavy atom. The predicted molar refractivity (Wildman–Crippen MR) is 113 cm³/mol. The van der Waals surface area contributed by atoms with Gasteiger partial charge in [-0.25, -0.2) is 9.59 Å². The molecule has 0 fully saturated rings. The number of hydrogen-bond acceptors (Lipinski definition) is 6. The molecule has 0 spiro atoms. The number of halogens is 1. The first-order valence-corrected chi connectivity index (χ1v) is 9.92. The molecule has 3 aromatic carbocycles. The van der Waals surface area contributed by atoms with E-state index in [9.17, 15) is 9.59 Å². The molecule has 7 heteroatoms. The second kappa shape index (κ2) is 8.11. The fourth-order valence-corrected chi connectivity index (χ4v) is 3.73. The lowest BCUT2D eigenvalue weighted by molar-refractivity contribution is -0.136. The van der Waals surface area contributed by atoms with E-state index >= 15 is 0 Å². The highest BCUT2D eigenvalue weighted by Crippen LogP contribution is 2.34. The van der Waals surface area contributed by atoms with Gasteiger partial charge in [-0.1, -0.05) is 64.9 Å². The molecule has 29 heavy (non-hydrogen) atoms. The number of carbonyl (C=O) groups is 1. The van der Waals surface area contributed by atoms with Crippen molar-refractivity contribution < 1.29 is 18.7 Å². The third kappa shape index (κ3) is 4.34. The maximum Gasteiger partial charge on any atom is 0.396 e. The van der Waals surface area contributed by atoms with E-state index in [0.717, 1.165) is 22.5 Å². The van der Waals surface area contributed by atoms with Crippen molar-refractivity contribution in [3.8, 4) is 22.6 Å². The lowest BCUT2D eigenvalue weighted by Gasteiger charge is -2.10. The first kappa shape index (κ1) is 19.2. The number of aryl methyl sites for hydroxylation is 1. The second-order valence-corrected chi connectivity index (χ2v) is 7.70. The number of fused-ring (bicyclic) bond motifs is 1. The van der Waals surface area contributed by atoms with Crippen molar-refractivity contribution in [2.24, 2.45) is 0 Å². The van der Waals surface area contributed by atoms with Crippen molar-refractivity contribution in [2.75, 3.05) is 6.61 Å². The highest BCUT2D eigenvalue weighted by atomic mass is 35.5. The molecule has 0 radical (unpaired) electrons. The molecule has 1 aromatic heterocycles. The standard InChI is InChI=1S/C22H15ClO5S/c1-13-6-8-14(9-7-13)16-10-15(11-19-21(16)28-22(25)29-19)27-20(24)12-26-18-5-3-2-4-17(18)23/h2-11H,12H2,1H3. The number of para-hydroxylation sites is 1. The molecule has 0 saturated carbocycles. The van der Waals surface area contributed by atoms with Gasteiger partial charge in [0.25, 0.3) is 0 Å². The maximum absolute atomic E-state index is 12.3. The van der Waals surface area contributed by atoms with Gasteiger partial charge in [0, 0.05) is 11.6 Å². The van der Waals surface area contributed by atoms with Gasteiger partial charge < -0.3 is 13.9 Å². The zero-order chi connectivity index (χ0) is 20.4. The van der Waals surface area contributed by atoms with Crippen LogP contribution in [0.5, 0.6) is 11.5 Å². The molecule has 0 unspecified atom stereocenters. The minimum atomic E-state index is -0.588. The first-order chi connectivity index (χ1) is 14.0. The average Bonchev–Trinajstić information content (AvgIpc) is 3.07. The van der Waals surface area contributed by atoms with E-state index in [2.05, 4.69) is 0 Å². The summed E-state index contributed by atoms with van der Waals surface area (Å²) in [5, 5.41) is 0.409. The van der Waals surface area contributed by atoms with Gasteiger partial charge in [0.1, 0.15) is 11.5 Å². The molecule has 4 rings (SSSR count). The van der Waals surface area contributed by atoms with E-state index in [0.29, 0.717) is 32.4 Å². The predicted octanol–water partition coefficient (Wildman–Crippen LogP) is 5.47. The molecule has 4 aromatic rings. The minimum Gasteiger partial charge on any atom is -0.480 e. The molecule has 0 bridgehead atoms. The van der Waals surface area contributed by atoms with E-state index in [1.807, 2.05) is 31.2 Å². The van der Waals surface area contributed by atoms with E-state index in [-0.39, 0.29) is 6.61 Å². The largest absolute Gasteiger partial charge is 0.480 e. The molecule has 0 saturated heterocycles. The van der Waals surface area contributed by atoms with Crippen LogP contribution in [0.25, 0.3) is 21.4 Å². The molecule has 5 nitrogen and oxygen atoms in total. The number of benzene rings is 3. The normalized spacial score (nSPS) is 10.8. The summed E-state index contributed by atoms with van der Waals surface area (Å²) in [5.74, 6) is 0.114. The third-order valence-electron chi connectivity index (χ3n) is 4.18. The van der Waals surface area contributed by atoms with Gasteiger partial charge in [-0.2, -0.15) is 0 Å². The Hall–Kier alpha value is -3.09. The van der Waals surface area contributed by atoms with Gasteiger partial charge in [0.2, 0.25) is 0 Å². The first-order valence-electron chi connectivity index (χ1n) is 8.72. The Balaban J connectivity index is 1.60. The molecule has 0 aliphatic carbocycles. The molecule has 1 heterocycles. The molecule has 146 valence electrons. The van der Waals surface area contributed by atoms with Gasteiger partial charge in [-0.05, 0) is 30.7 Å². The van der Waals surface area contributed by atoms with E-state index in [1.165, 1.54) is 0 Å². The van der Waals surface area contributed by atoms with Crippen molar-refractivity contribution in [1.82, 2.24) is 0 Å². The highest BCUT2D eigenvalue weighted by molar-refractivity contribution is 7.16. The molecule has 0 N–H and O–H groups in total. The summed E-state index contributed by atoms with van der Waals surface area (Å²) in [4.78, 5) is 23.6. The van der Waals surface area contributed by atoms with Crippen molar-refractivity contribution in [3.05, 3.63) is 81.0 Å². The van der Waals surface area contributed by atoms with E-state index < -0.39 is 10.9 Å². The van der Waals surface area contributed by atoms with Crippen LogP contribution in [0.1, 0.15) is 5.56 Å². The SMILES string of the molecule is Cc1ccc(-c2cc(OC(=O)COc3ccccc3Cl)cc3sc(=O)oc23)cc1. The highest BCUT2D eigenvalue weighted by Gasteiger charge is 2.15. The summed E-state index contributed by atoms with van der Waals surface area (Å²) in [6, 6.07) is 17.9. The van der Waals surface area contributed by atoms with Gasteiger partial charge in [0.15, 0.2) is 12.2 Å². The zero-order valence-corrected chi connectivity index (χ0v) is 16.9. The Kier molecular flexibility index (Phi) is 5.38. The zero-order valence-electron chi connectivity index (χ0n) is 15.3. The van der Waals surface area contributed by atoms with Gasteiger partial charge in [-0.15, -0.1) is 0 Å². The smallest absolute Gasteiger partial charge is 0.396 e. The van der Waals surface area contributed by atoms with Gasteiger partial charge >= 0.3 is 10.9 Å². The topological polar surface area (TPSA) is 65.7 Å². The average molecular weight is 427 g/mol. The quantitative estimate of drug-likeness (QED) is 0.313. The van der Waals surface area contributed by atoms with Crippen LogP contribution in [-0.2, 0) is 4.79 Å². The molecule has 0 atom stereocenters. The Labute approximate surface area is 175 Å². The summed E-state index contributed by atoms with van der Waals surface area (Å²) < 4.78 is 16.8. The third-order valence-corrected chi connectivity index (χ3v) is 5.27. The number of carbonyl (C=O) groups excluding carboxylic acids is 1. The molecule has 0 aliphatic heterocycles. The Bertz CT molecular complexity index is 1240. The van der Waals surface area contributed by atoms with Crippen LogP contribution < -0.4 is 14.4 Å². The molecule has 0 aliphatic rings. The van der Waals surface area contributed by atoms with Crippen LogP contribution in [0.3, 0.4) is 0 Å². The maximum atomic E-state index is 12.3. The number of hydrogen-bond donors (Lipinski definition) is 0. The fraction of sp³-hybridized carbons (Fsp3) is 0.0909. The summed E-state index contributed by atoms with van der Waals surface area (Å²) in [7, 11) is 0. The Morgan fingerprint density at radius 2 is 1.86 bits per heavy atom. The molecular weight excluding hydrogens is 412 g/mol. The lowest BCUT2D eigenvalue weighted by Crippen LogP contribution is -2.17.